The third-order valence-electron chi connectivity index (χ3n) is 8.40. The number of hydrogen-bond donors (Lipinski definition) is 0. The molecule has 0 spiro atoms. The van der Waals surface area contributed by atoms with Crippen LogP contribution in [0, 0.1) is 0 Å². The van der Waals surface area contributed by atoms with Gasteiger partial charge in [-0.2, -0.15) is 246 Å². The topological polar surface area (TPSA) is 55.4 Å². The summed E-state index contributed by atoms with van der Waals surface area (Å²) in [6.07, 6.45) is -136. The van der Waals surface area contributed by atoms with E-state index in [-0.39, 0.29) is 0 Å². The van der Waals surface area contributed by atoms with Gasteiger partial charge in [0.25, 0.3) is 0 Å². The number of rotatable bonds is 20. The van der Waals surface area contributed by atoms with Gasteiger partial charge in [-0.05, 0) is 0 Å². The molecule has 0 rings (SSSR count). The second-order valence-electron chi connectivity index (χ2n) is 14.6. The molecule has 0 aromatic heterocycles. The zero-order chi connectivity index (χ0) is 73.2. The number of alkyl halides is 56. The van der Waals surface area contributed by atoms with E-state index in [9.17, 15) is 246 Å². The lowest BCUT2D eigenvalue weighted by atomic mass is 9.91. The molecule has 0 aliphatic rings. The fourth-order valence-corrected chi connectivity index (χ4v) is 9.66. The normalized spacial score (nSPS) is 16.9. The number of hydrogen-bond acceptors (Lipinski definition) is 6. The first kappa shape index (κ1) is 86.3. The highest BCUT2D eigenvalue weighted by molar-refractivity contribution is 6.66. The Morgan fingerprint density at radius 2 is 0.273 bits per heavy atom. The molecule has 0 aliphatic heterocycles. The third-order valence-corrected chi connectivity index (χ3v) is 14.4. The van der Waals surface area contributed by atoms with Crippen molar-refractivity contribution < 1.29 is 272 Å². The lowest BCUT2D eigenvalue weighted by Crippen LogP contribution is -2.81. The van der Waals surface area contributed by atoms with Crippen LogP contribution in [0.15, 0.2) is 0 Å². The van der Waals surface area contributed by atoms with Gasteiger partial charge >= 0.3 is 162 Å². The van der Waals surface area contributed by atoms with Crippen LogP contribution in [0.4, 0.5) is 246 Å². The third kappa shape index (κ3) is 14.4. The summed E-state index contributed by atoms with van der Waals surface area (Å²) >= 11 is 0. The maximum Gasteiger partial charge on any atom is 0.595 e. The van der Waals surface area contributed by atoms with Crippen LogP contribution in [-0.4, -0.2) is 157 Å². The van der Waals surface area contributed by atoms with Crippen LogP contribution in [0.2, 0.25) is 5.04 Å². The highest BCUT2D eigenvalue weighted by Gasteiger charge is 3.02. The minimum Gasteiger partial charge on any atom is -0.305 e. The highest BCUT2D eigenvalue weighted by atomic mass is 28.4. The Kier molecular flexibility index (Phi) is 22.1. The summed E-state index contributed by atoms with van der Waals surface area (Å²) in [5.41, 5.74) is -10.0. The summed E-state index contributed by atoms with van der Waals surface area (Å²) in [6, 6.07) is 0. The molecule has 0 saturated heterocycles. The molecular weight excluding hydrogens is 1500 g/mol. The van der Waals surface area contributed by atoms with Crippen LogP contribution in [0.5, 0.6) is 0 Å². The van der Waals surface area contributed by atoms with E-state index < -0.39 is 162 Å². The summed E-state index contributed by atoms with van der Waals surface area (Å²) in [4.78, 5) is 0. The molecule has 0 fully saturated rings. The Balaban J connectivity index is 0. The molecule has 0 N–H and O–H groups in total. The lowest BCUT2D eigenvalue weighted by molar-refractivity contribution is -0.465. The van der Waals surface area contributed by atoms with E-state index in [0.29, 0.717) is 0 Å². The predicted octanol–water partition coefficient (Wildman–Crippen LogP) is 17.9. The van der Waals surface area contributed by atoms with Crippen LogP contribution in [0.3, 0.4) is 0 Å². The van der Waals surface area contributed by atoms with Crippen molar-refractivity contribution in [1.82, 2.24) is 0 Å². The van der Waals surface area contributed by atoms with Crippen molar-refractivity contribution in [2.75, 3.05) is 0 Å². The van der Waals surface area contributed by atoms with Gasteiger partial charge < -0.3 is 26.6 Å². The van der Waals surface area contributed by atoms with Gasteiger partial charge in [0.2, 0.25) is 0 Å². The van der Waals surface area contributed by atoms with Crippen molar-refractivity contribution in [2.24, 2.45) is 0 Å². The van der Waals surface area contributed by atoms with Gasteiger partial charge in [-0.3, -0.25) is 0 Å². The van der Waals surface area contributed by atoms with E-state index in [0.717, 1.165) is 13.3 Å². The van der Waals surface area contributed by atoms with Crippen LogP contribution in [-0.2, 0) is 26.6 Å². The van der Waals surface area contributed by atoms with Gasteiger partial charge in [-0.25, -0.2) is 0 Å². The predicted molar refractivity (Wildman–Crippen MR) is 146 cm³/mol. The second-order valence-corrected chi connectivity index (χ2v) is 19.4. The van der Waals surface area contributed by atoms with Crippen LogP contribution >= 0.6 is 0 Å². The van der Waals surface area contributed by atoms with E-state index in [2.05, 4.69) is 0 Å². The van der Waals surface area contributed by atoms with Gasteiger partial charge in [-0.15, -0.1) is 0 Å². The van der Waals surface area contributed by atoms with Crippen molar-refractivity contribution in [3.63, 3.8) is 0 Å². The fraction of sp³-hybridized carbons (Fsp3) is 1.00. The molecule has 0 aromatic carbocycles. The van der Waals surface area contributed by atoms with Crippen molar-refractivity contribution in [1.29, 1.82) is 0 Å². The van der Waals surface area contributed by atoms with Crippen LogP contribution < -0.4 is 0 Å². The Bertz CT molecular complexity index is 2170. The summed E-state index contributed by atoms with van der Waals surface area (Å²) in [5, 5.41) is -9.42. The highest BCUT2D eigenvalue weighted by Crippen LogP contribution is 2.73. The summed E-state index contributed by atoms with van der Waals surface area (Å²) in [5.74, 6) is -58.5. The molecule has 0 unspecified atom stereocenters. The first-order valence-electron chi connectivity index (χ1n) is 17.5. The number of halogens is 56. The lowest BCUT2D eigenvalue weighted by Gasteiger charge is -2.49. The van der Waals surface area contributed by atoms with Crippen molar-refractivity contribution >= 4 is 17.6 Å². The van der Waals surface area contributed by atoms with Gasteiger partial charge in [0.1, 0.15) is 0 Å². The van der Waals surface area contributed by atoms with Gasteiger partial charge in [0.05, 0.1) is 0 Å². The first-order chi connectivity index (χ1) is 36.7. The Morgan fingerprint density at radius 1 is 0.136 bits per heavy atom. The maximum atomic E-state index is 14.7. The second kappa shape index (κ2) is 22.5. The Morgan fingerprint density at radius 3 is 0.409 bits per heavy atom. The van der Waals surface area contributed by atoms with Gasteiger partial charge in [0, 0.05) is 0 Å². The standard InChI is InChI=1S/C14F32O3Si.C10F24O3Si/c15-1(16,3(19,20)5(23,24)7(27,28)29)2(17,18)4(21,22)6(25,26)14(45,46)50(47-11(39,40)8(30,31)32,48-12(41,42)9(33,34)35)49-13(43,44)10(36,37)38;11-2(12,13)1(3(14,15)16,4(17,18)19)38(35-8(29,30)5(20,21)22,36-9(31,32)6(23,24)25)37-10(33,34)7(26,27)28. The van der Waals surface area contributed by atoms with E-state index in [4.69, 9.17) is 0 Å². The van der Waals surface area contributed by atoms with E-state index in [1.807, 2.05) is 0 Å². The largest absolute Gasteiger partial charge is 0.595 e. The zero-order valence-corrected chi connectivity index (χ0v) is 38.6. The molecule has 0 saturated carbocycles. The molecule has 0 aromatic rings. The van der Waals surface area contributed by atoms with E-state index in [1.54, 1.807) is 0 Å². The summed E-state index contributed by atoms with van der Waals surface area (Å²) in [7, 11) is -23.3. The molecule has 0 aliphatic carbocycles. The molecule has 0 amide bonds. The zero-order valence-electron chi connectivity index (χ0n) is 36.6. The van der Waals surface area contributed by atoms with Crippen LogP contribution in [0.1, 0.15) is 0 Å². The monoisotopic (exact) mass is 1500 g/mol. The molecule has 64 heteroatoms. The smallest absolute Gasteiger partial charge is 0.305 e. The van der Waals surface area contributed by atoms with E-state index >= 15 is 0 Å². The van der Waals surface area contributed by atoms with Crippen LogP contribution in [0.25, 0.3) is 0 Å². The molecule has 0 radical (unpaired) electrons. The van der Waals surface area contributed by atoms with Crippen molar-refractivity contribution in [3.05, 3.63) is 0 Å². The minimum absolute atomic E-state index is 1.03. The SMILES string of the molecule is FC(F)(F)C(F)(F)O[Si](OC(F)(F)C(F)(F)F)(OC(F)(F)C(F)(F)F)C(C(F)(F)F)(C(F)(F)F)C(F)(F)F.FC(F)(F)C(F)(F)O[Si](OC(F)(F)C(F)(F)F)(OC(F)(F)C(F)(F)F)C(F)(F)C(F)(F)C(F)(F)C(F)(F)C(F)(F)C(F)(F)C(F)(F)C(F)(F)F. The quantitative estimate of drug-likeness (QED) is 0.0894. The first-order valence-corrected chi connectivity index (χ1v) is 21.0. The summed E-state index contributed by atoms with van der Waals surface area (Å²) in [6.45, 7) is 0. The average molecular weight is 1500 g/mol. The van der Waals surface area contributed by atoms with Gasteiger partial charge in [-0.1, -0.05) is 0 Å². The molecule has 88 heavy (non-hydrogen) atoms. The Labute approximate surface area is 436 Å². The fourth-order valence-electron chi connectivity index (χ4n) is 4.27. The van der Waals surface area contributed by atoms with Gasteiger partial charge in [0.15, 0.2) is 0 Å². The maximum absolute atomic E-state index is 14.7. The van der Waals surface area contributed by atoms with Crippen molar-refractivity contribution in [2.45, 2.75) is 145 Å². The Hall–Kier alpha value is -3.73. The van der Waals surface area contributed by atoms with Crippen molar-refractivity contribution in [3.8, 4) is 0 Å². The molecule has 532 valence electrons. The molecular formula is C24F56O6Si2. The molecule has 0 heterocycles. The minimum atomic E-state index is -11.8. The molecule has 0 atom stereocenters. The van der Waals surface area contributed by atoms with E-state index in [1.165, 1.54) is 13.3 Å². The summed E-state index contributed by atoms with van der Waals surface area (Å²) < 4.78 is 738. The molecule has 6 nitrogen and oxygen atoms in total. The molecule has 0 bridgehead atoms. The average Bonchev–Trinajstić information content (AvgIpc) is 3.14.